The maximum Gasteiger partial charge on any atom is 0.387 e. The summed E-state index contributed by atoms with van der Waals surface area (Å²) in [6.45, 7) is 1.51. The summed E-state index contributed by atoms with van der Waals surface area (Å²) >= 11 is 0. The Bertz CT molecular complexity index is 423. The van der Waals surface area contributed by atoms with Crippen LogP contribution in [0.4, 0.5) is 8.78 Å². The molecule has 1 fully saturated rings. The summed E-state index contributed by atoms with van der Waals surface area (Å²) in [6.07, 6.45) is 1.74. The first kappa shape index (κ1) is 15.0. The summed E-state index contributed by atoms with van der Waals surface area (Å²) in [6, 6.07) is 4.57. The van der Waals surface area contributed by atoms with Gasteiger partial charge in [0.15, 0.2) is 11.5 Å². The van der Waals surface area contributed by atoms with Crippen LogP contribution in [0.15, 0.2) is 18.2 Å². The van der Waals surface area contributed by atoms with Crippen molar-refractivity contribution in [3.8, 4) is 11.5 Å². The Kier molecular flexibility index (Phi) is 5.55. The molecule has 0 spiro atoms. The monoisotopic (exact) mass is 287 g/mol. The number of ether oxygens (including phenoxy) is 2. The van der Waals surface area contributed by atoms with Crippen molar-refractivity contribution in [1.82, 2.24) is 4.90 Å². The van der Waals surface area contributed by atoms with E-state index >= 15 is 0 Å². The molecule has 0 aliphatic carbocycles. The van der Waals surface area contributed by atoms with Gasteiger partial charge >= 0.3 is 6.61 Å². The Hall–Kier alpha value is -1.40. The van der Waals surface area contributed by atoms with Crippen LogP contribution < -0.4 is 4.74 Å². The highest BCUT2D eigenvalue weighted by molar-refractivity contribution is 5.41. The van der Waals surface area contributed by atoms with E-state index in [9.17, 15) is 13.9 Å². The minimum atomic E-state index is -2.92. The van der Waals surface area contributed by atoms with E-state index in [-0.39, 0.29) is 11.5 Å². The van der Waals surface area contributed by atoms with Gasteiger partial charge in [-0.1, -0.05) is 6.07 Å². The van der Waals surface area contributed by atoms with Crippen molar-refractivity contribution in [2.45, 2.75) is 19.5 Å². The molecule has 0 atom stereocenters. The smallest absolute Gasteiger partial charge is 0.387 e. The number of aromatic hydroxyl groups is 1. The van der Waals surface area contributed by atoms with Gasteiger partial charge in [-0.15, -0.1) is 0 Å². The molecule has 1 aliphatic heterocycles. The molecule has 0 unspecified atom stereocenters. The van der Waals surface area contributed by atoms with Gasteiger partial charge in [-0.25, -0.2) is 0 Å². The molecule has 1 heterocycles. The summed E-state index contributed by atoms with van der Waals surface area (Å²) in [4.78, 5) is 2.33. The third kappa shape index (κ3) is 4.61. The number of morpholine rings is 1. The fraction of sp³-hybridized carbons (Fsp3) is 0.571. The normalized spacial score (nSPS) is 16.6. The number of hydrogen-bond donors (Lipinski definition) is 1. The standard InChI is InChI=1S/C14H19F2NO3/c15-14(16)20-13-4-3-11(10-12(13)18)2-1-5-17-6-8-19-9-7-17/h3-4,10,14,18H,1-2,5-9H2. The fourth-order valence-electron chi connectivity index (χ4n) is 2.25. The zero-order valence-electron chi connectivity index (χ0n) is 11.2. The molecule has 1 aromatic carbocycles. The lowest BCUT2D eigenvalue weighted by Crippen LogP contribution is -2.36. The van der Waals surface area contributed by atoms with E-state index in [4.69, 9.17) is 4.74 Å². The molecule has 20 heavy (non-hydrogen) atoms. The maximum atomic E-state index is 12.1. The molecular formula is C14H19F2NO3. The van der Waals surface area contributed by atoms with Gasteiger partial charge in [0.2, 0.25) is 0 Å². The van der Waals surface area contributed by atoms with Crippen LogP contribution >= 0.6 is 0 Å². The molecule has 2 rings (SSSR count). The van der Waals surface area contributed by atoms with Crippen molar-refractivity contribution >= 4 is 0 Å². The van der Waals surface area contributed by atoms with E-state index in [1.54, 1.807) is 6.07 Å². The lowest BCUT2D eigenvalue weighted by molar-refractivity contribution is -0.0512. The van der Waals surface area contributed by atoms with E-state index in [0.29, 0.717) is 0 Å². The number of phenols is 1. The van der Waals surface area contributed by atoms with E-state index in [0.717, 1.165) is 51.3 Å². The Labute approximate surface area is 116 Å². The molecule has 0 aromatic heterocycles. The summed E-state index contributed by atoms with van der Waals surface area (Å²) in [5.41, 5.74) is 0.914. The van der Waals surface area contributed by atoms with Crippen molar-refractivity contribution in [2.75, 3.05) is 32.8 Å². The molecule has 112 valence electrons. The highest BCUT2D eigenvalue weighted by Crippen LogP contribution is 2.28. The number of alkyl halides is 2. The third-order valence-corrected chi connectivity index (χ3v) is 3.28. The Morgan fingerprint density at radius 2 is 2.05 bits per heavy atom. The van der Waals surface area contributed by atoms with Crippen LogP contribution in [0.3, 0.4) is 0 Å². The van der Waals surface area contributed by atoms with E-state index < -0.39 is 6.61 Å². The average molecular weight is 287 g/mol. The van der Waals surface area contributed by atoms with Crippen molar-refractivity contribution in [3.63, 3.8) is 0 Å². The highest BCUT2D eigenvalue weighted by Gasteiger charge is 2.11. The van der Waals surface area contributed by atoms with Crippen LogP contribution in [0, 0.1) is 0 Å². The van der Waals surface area contributed by atoms with Crippen LogP contribution in [-0.4, -0.2) is 49.5 Å². The van der Waals surface area contributed by atoms with Gasteiger partial charge < -0.3 is 14.6 Å². The zero-order valence-corrected chi connectivity index (χ0v) is 11.2. The van der Waals surface area contributed by atoms with Gasteiger partial charge in [-0.05, 0) is 37.1 Å². The second-order valence-corrected chi connectivity index (χ2v) is 4.74. The molecule has 0 saturated carbocycles. The number of aryl methyl sites for hydroxylation is 1. The predicted octanol–water partition coefficient (Wildman–Crippen LogP) is 2.26. The quantitative estimate of drug-likeness (QED) is 0.871. The molecule has 1 saturated heterocycles. The number of halogens is 2. The second-order valence-electron chi connectivity index (χ2n) is 4.74. The van der Waals surface area contributed by atoms with E-state index in [1.807, 2.05) is 0 Å². The second kappa shape index (κ2) is 7.40. The lowest BCUT2D eigenvalue weighted by atomic mass is 10.1. The van der Waals surface area contributed by atoms with Gasteiger partial charge in [0.05, 0.1) is 13.2 Å². The van der Waals surface area contributed by atoms with Crippen LogP contribution in [0.25, 0.3) is 0 Å². The van der Waals surface area contributed by atoms with Crippen molar-refractivity contribution < 1.29 is 23.4 Å². The molecule has 6 heteroatoms. The van der Waals surface area contributed by atoms with Gasteiger partial charge in [0.1, 0.15) is 0 Å². The molecule has 0 radical (unpaired) electrons. The first-order chi connectivity index (χ1) is 9.65. The lowest BCUT2D eigenvalue weighted by Gasteiger charge is -2.26. The maximum absolute atomic E-state index is 12.1. The van der Waals surface area contributed by atoms with Crippen LogP contribution in [0.2, 0.25) is 0 Å². The third-order valence-electron chi connectivity index (χ3n) is 3.28. The summed E-state index contributed by atoms with van der Waals surface area (Å²) in [5, 5.41) is 9.60. The fourth-order valence-corrected chi connectivity index (χ4v) is 2.25. The number of phenolic OH excluding ortho intramolecular Hbond substituents is 1. The zero-order chi connectivity index (χ0) is 14.4. The van der Waals surface area contributed by atoms with Gasteiger partial charge in [0.25, 0.3) is 0 Å². The van der Waals surface area contributed by atoms with Gasteiger partial charge in [0, 0.05) is 13.1 Å². The summed E-state index contributed by atoms with van der Waals surface area (Å²) < 4.78 is 33.6. The number of rotatable bonds is 6. The molecule has 1 N–H and O–H groups in total. The van der Waals surface area contributed by atoms with Gasteiger partial charge in [-0.2, -0.15) is 8.78 Å². The van der Waals surface area contributed by atoms with Crippen molar-refractivity contribution in [2.24, 2.45) is 0 Å². The van der Waals surface area contributed by atoms with Crippen molar-refractivity contribution in [3.05, 3.63) is 23.8 Å². The molecule has 4 nitrogen and oxygen atoms in total. The van der Waals surface area contributed by atoms with E-state index in [1.165, 1.54) is 12.1 Å². The van der Waals surface area contributed by atoms with Gasteiger partial charge in [-0.3, -0.25) is 4.90 Å². The van der Waals surface area contributed by atoms with Crippen LogP contribution in [-0.2, 0) is 11.2 Å². The van der Waals surface area contributed by atoms with Crippen LogP contribution in [0.1, 0.15) is 12.0 Å². The molecule has 1 aliphatic rings. The number of hydrogen-bond acceptors (Lipinski definition) is 4. The Morgan fingerprint density at radius 1 is 1.30 bits per heavy atom. The summed E-state index contributed by atoms with van der Waals surface area (Å²) in [5.74, 6) is -0.425. The molecular weight excluding hydrogens is 268 g/mol. The topological polar surface area (TPSA) is 41.9 Å². The molecule has 1 aromatic rings. The first-order valence-corrected chi connectivity index (χ1v) is 6.72. The minimum absolute atomic E-state index is 0.183. The van der Waals surface area contributed by atoms with Crippen LogP contribution in [0.5, 0.6) is 11.5 Å². The highest BCUT2D eigenvalue weighted by atomic mass is 19.3. The largest absolute Gasteiger partial charge is 0.504 e. The Balaban J connectivity index is 1.79. The average Bonchev–Trinajstić information content (AvgIpc) is 2.43. The van der Waals surface area contributed by atoms with Crippen molar-refractivity contribution in [1.29, 1.82) is 0 Å². The minimum Gasteiger partial charge on any atom is -0.504 e. The number of benzene rings is 1. The van der Waals surface area contributed by atoms with E-state index in [2.05, 4.69) is 9.64 Å². The Morgan fingerprint density at radius 3 is 2.70 bits per heavy atom. The predicted molar refractivity (Wildman–Crippen MR) is 70.3 cm³/mol. The summed E-state index contributed by atoms with van der Waals surface area (Å²) in [7, 11) is 0. The first-order valence-electron chi connectivity index (χ1n) is 6.72. The SMILES string of the molecule is Oc1cc(CCCN2CCOCC2)ccc1OC(F)F. The number of nitrogens with zero attached hydrogens (tertiary/aromatic N) is 1. The molecule has 0 amide bonds. The molecule has 0 bridgehead atoms.